The Labute approximate surface area is 108 Å². The van der Waals surface area contributed by atoms with Crippen LogP contribution in [0.15, 0.2) is 0 Å². The molecule has 0 aliphatic heterocycles. The second-order valence-corrected chi connectivity index (χ2v) is 5.38. The van der Waals surface area contributed by atoms with Gasteiger partial charge in [0.2, 0.25) is 0 Å². The molecule has 1 saturated carbocycles. The highest BCUT2D eigenvalue weighted by molar-refractivity contribution is 4.76. The molecule has 2 nitrogen and oxygen atoms in total. The van der Waals surface area contributed by atoms with Crippen LogP contribution in [0.5, 0.6) is 0 Å². The quantitative estimate of drug-likeness (QED) is 0.589. The van der Waals surface area contributed by atoms with Crippen LogP contribution < -0.4 is 5.32 Å². The van der Waals surface area contributed by atoms with Gasteiger partial charge in [0.15, 0.2) is 0 Å². The number of hydrogen-bond acceptors (Lipinski definition) is 2. The third kappa shape index (κ3) is 6.42. The van der Waals surface area contributed by atoms with Crippen molar-refractivity contribution >= 4 is 0 Å². The fourth-order valence-corrected chi connectivity index (χ4v) is 2.91. The second-order valence-electron chi connectivity index (χ2n) is 5.38. The van der Waals surface area contributed by atoms with E-state index >= 15 is 0 Å². The minimum absolute atomic E-state index is 0.915. The summed E-state index contributed by atoms with van der Waals surface area (Å²) in [7, 11) is 0. The standard InChI is InChI=1S/C15H32N2/c1-3-12-16-13-8-5-9-14-17(4-2)15-10-6-7-11-15/h15-16H,3-14H2,1-2H3. The first kappa shape index (κ1) is 15.0. The molecule has 1 rings (SSSR count). The summed E-state index contributed by atoms with van der Waals surface area (Å²) in [6, 6.07) is 0.915. The average Bonchev–Trinajstić information content (AvgIpc) is 2.86. The largest absolute Gasteiger partial charge is 0.317 e. The van der Waals surface area contributed by atoms with Crippen LogP contribution in [0, 0.1) is 0 Å². The van der Waals surface area contributed by atoms with Crippen LogP contribution >= 0.6 is 0 Å². The molecular formula is C15H32N2. The van der Waals surface area contributed by atoms with E-state index in [2.05, 4.69) is 24.1 Å². The van der Waals surface area contributed by atoms with Crippen LogP contribution in [-0.2, 0) is 0 Å². The van der Waals surface area contributed by atoms with Crippen LogP contribution in [0.3, 0.4) is 0 Å². The molecule has 2 heteroatoms. The smallest absolute Gasteiger partial charge is 0.00951 e. The average molecular weight is 240 g/mol. The summed E-state index contributed by atoms with van der Waals surface area (Å²) in [6.07, 6.45) is 11.2. The SMILES string of the molecule is CCCNCCCCCN(CC)C1CCCC1. The van der Waals surface area contributed by atoms with Crippen LogP contribution in [-0.4, -0.2) is 37.1 Å². The van der Waals surface area contributed by atoms with Crippen molar-refractivity contribution in [2.45, 2.75) is 71.3 Å². The van der Waals surface area contributed by atoms with E-state index in [1.807, 2.05) is 0 Å². The molecule has 1 aliphatic rings. The topological polar surface area (TPSA) is 15.3 Å². The van der Waals surface area contributed by atoms with E-state index in [9.17, 15) is 0 Å². The van der Waals surface area contributed by atoms with Gasteiger partial charge in [-0.2, -0.15) is 0 Å². The molecule has 17 heavy (non-hydrogen) atoms. The lowest BCUT2D eigenvalue weighted by atomic mass is 10.1. The molecular weight excluding hydrogens is 208 g/mol. The predicted octanol–water partition coefficient (Wildman–Crippen LogP) is 3.42. The third-order valence-corrected chi connectivity index (χ3v) is 3.97. The van der Waals surface area contributed by atoms with Gasteiger partial charge in [-0.1, -0.05) is 33.1 Å². The Morgan fingerprint density at radius 2 is 1.76 bits per heavy atom. The Kier molecular flexibility index (Phi) is 8.72. The fourth-order valence-electron chi connectivity index (χ4n) is 2.91. The number of unbranched alkanes of at least 4 members (excludes halogenated alkanes) is 2. The summed E-state index contributed by atoms with van der Waals surface area (Å²) >= 11 is 0. The van der Waals surface area contributed by atoms with Gasteiger partial charge in [-0.15, -0.1) is 0 Å². The van der Waals surface area contributed by atoms with Gasteiger partial charge in [0.05, 0.1) is 0 Å². The zero-order valence-electron chi connectivity index (χ0n) is 12.0. The molecule has 0 heterocycles. The first-order valence-corrected chi connectivity index (χ1v) is 7.83. The number of nitrogens with one attached hydrogen (secondary N) is 1. The van der Waals surface area contributed by atoms with E-state index in [1.165, 1.54) is 77.5 Å². The van der Waals surface area contributed by atoms with Crippen molar-refractivity contribution in [3.8, 4) is 0 Å². The molecule has 0 aromatic carbocycles. The Morgan fingerprint density at radius 3 is 2.41 bits per heavy atom. The molecule has 0 aromatic heterocycles. The summed E-state index contributed by atoms with van der Waals surface area (Å²) < 4.78 is 0. The van der Waals surface area contributed by atoms with Crippen molar-refractivity contribution < 1.29 is 0 Å². The maximum Gasteiger partial charge on any atom is 0.00951 e. The zero-order valence-corrected chi connectivity index (χ0v) is 12.0. The Balaban J connectivity index is 1.96. The van der Waals surface area contributed by atoms with E-state index < -0.39 is 0 Å². The van der Waals surface area contributed by atoms with Crippen molar-refractivity contribution in [1.82, 2.24) is 10.2 Å². The van der Waals surface area contributed by atoms with E-state index in [0.29, 0.717) is 0 Å². The predicted molar refractivity (Wildman–Crippen MR) is 76.5 cm³/mol. The molecule has 0 spiro atoms. The Hall–Kier alpha value is -0.0800. The van der Waals surface area contributed by atoms with Crippen molar-refractivity contribution in [3.05, 3.63) is 0 Å². The highest BCUT2D eigenvalue weighted by atomic mass is 15.1. The molecule has 0 unspecified atom stereocenters. The van der Waals surface area contributed by atoms with Gasteiger partial charge in [0.1, 0.15) is 0 Å². The Bertz CT molecular complexity index is 164. The number of hydrogen-bond donors (Lipinski definition) is 1. The molecule has 0 atom stereocenters. The molecule has 1 N–H and O–H groups in total. The third-order valence-electron chi connectivity index (χ3n) is 3.97. The monoisotopic (exact) mass is 240 g/mol. The van der Waals surface area contributed by atoms with Crippen LogP contribution in [0.25, 0.3) is 0 Å². The first-order chi connectivity index (χ1) is 8.38. The molecule has 0 bridgehead atoms. The van der Waals surface area contributed by atoms with Crippen molar-refractivity contribution in [3.63, 3.8) is 0 Å². The van der Waals surface area contributed by atoms with Crippen molar-refractivity contribution in [2.75, 3.05) is 26.2 Å². The normalized spacial score (nSPS) is 17.1. The summed E-state index contributed by atoms with van der Waals surface area (Å²) in [5.74, 6) is 0. The summed E-state index contributed by atoms with van der Waals surface area (Å²) in [4.78, 5) is 2.71. The zero-order chi connectivity index (χ0) is 12.3. The van der Waals surface area contributed by atoms with Crippen LogP contribution in [0.1, 0.15) is 65.2 Å². The molecule has 102 valence electrons. The lowest BCUT2D eigenvalue weighted by Crippen LogP contribution is -2.33. The van der Waals surface area contributed by atoms with Gasteiger partial charge in [-0.25, -0.2) is 0 Å². The number of nitrogens with zero attached hydrogens (tertiary/aromatic N) is 1. The summed E-state index contributed by atoms with van der Waals surface area (Å²) in [6.45, 7) is 9.52. The van der Waals surface area contributed by atoms with Gasteiger partial charge < -0.3 is 10.2 Å². The van der Waals surface area contributed by atoms with Crippen molar-refractivity contribution in [2.24, 2.45) is 0 Å². The summed E-state index contributed by atoms with van der Waals surface area (Å²) in [5.41, 5.74) is 0. The van der Waals surface area contributed by atoms with Crippen LogP contribution in [0.4, 0.5) is 0 Å². The molecule has 0 aromatic rings. The van der Waals surface area contributed by atoms with E-state index in [1.54, 1.807) is 0 Å². The minimum atomic E-state index is 0.915. The first-order valence-electron chi connectivity index (χ1n) is 7.83. The fraction of sp³-hybridized carbons (Fsp3) is 1.00. The van der Waals surface area contributed by atoms with Gasteiger partial charge in [0.25, 0.3) is 0 Å². The highest BCUT2D eigenvalue weighted by Gasteiger charge is 2.20. The van der Waals surface area contributed by atoms with E-state index in [-0.39, 0.29) is 0 Å². The van der Waals surface area contributed by atoms with Crippen LogP contribution in [0.2, 0.25) is 0 Å². The van der Waals surface area contributed by atoms with E-state index in [4.69, 9.17) is 0 Å². The highest BCUT2D eigenvalue weighted by Crippen LogP contribution is 2.23. The molecule has 0 saturated heterocycles. The van der Waals surface area contributed by atoms with Crippen molar-refractivity contribution in [1.29, 1.82) is 0 Å². The maximum absolute atomic E-state index is 3.48. The van der Waals surface area contributed by atoms with Gasteiger partial charge in [-0.3, -0.25) is 0 Å². The number of rotatable bonds is 10. The minimum Gasteiger partial charge on any atom is -0.317 e. The molecule has 1 fully saturated rings. The lowest BCUT2D eigenvalue weighted by Gasteiger charge is -2.27. The lowest BCUT2D eigenvalue weighted by molar-refractivity contribution is 0.204. The van der Waals surface area contributed by atoms with E-state index in [0.717, 1.165) is 6.04 Å². The Morgan fingerprint density at radius 1 is 1.00 bits per heavy atom. The second kappa shape index (κ2) is 9.90. The molecule has 1 aliphatic carbocycles. The summed E-state index contributed by atoms with van der Waals surface area (Å²) in [5, 5.41) is 3.48. The van der Waals surface area contributed by atoms with Gasteiger partial charge in [0, 0.05) is 6.04 Å². The van der Waals surface area contributed by atoms with Gasteiger partial charge >= 0.3 is 0 Å². The molecule has 0 amide bonds. The van der Waals surface area contributed by atoms with Gasteiger partial charge in [-0.05, 0) is 58.3 Å². The maximum atomic E-state index is 3.48. The molecule has 0 radical (unpaired) electrons.